The Morgan fingerprint density at radius 3 is 2.38 bits per heavy atom. The zero-order valence-electron chi connectivity index (χ0n) is 7.98. The Kier molecular flexibility index (Phi) is 2.72. The first kappa shape index (κ1) is 9.62. The second-order valence-electron chi connectivity index (χ2n) is 4.36. The molecular formula is C9H17NO2S. The molecule has 3 nitrogen and oxygen atoms in total. The zero-order valence-corrected chi connectivity index (χ0v) is 8.80. The standard InChI is InChI=1S/C9H17NO2S/c1-10-2-7-5-13(12)6-8(3-10)9(7)4-11/h7-9,11H,2-6H2,1H3. The maximum absolute atomic E-state index is 11.5. The highest BCUT2D eigenvalue weighted by atomic mass is 32.2. The molecule has 0 aromatic heterocycles. The molecule has 2 fully saturated rings. The SMILES string of the molecule is CN1CC2CS(=O)CC(C1)C2CO. The van der Waals surface area contributed by atoms with Crippen LogP contribution in [0.1, 0.15) is 0 Å². The molecule has 0 radical (unpaired) electrons. The van der Waals surface area contributed by atoms with Crippen molar-refractivity contribution in [2.45, 2.75) is 0 Å². The van der Waals surface area contributed by atoms with Crippen LogP contribution in [0.3, 0.4) is 0 Å². The summed E-state index contributed by atoms with van der Waals surface area (Å²) < 4.78 is 11.5. The number of nitrogens with zero attached hydrogens (tertiary/aromatic N) is 1. The molecule has 13 heavy (non-hydrogen) atoms. The summed E-state index contributed by atoms with van der Waals surface area (Å²) in [6.07, 6.45) is 0. The van der Waals surface area contributed by atoms with Gasteiger partial charge in [-0.3, -0.25) is 4.21 Å². The lowest BCUT2D eigenvalue weighted by atomic mass is 9.79. The second kappa shape index (κ2) is 3.67. The summed E-state index contributed by atoms with van der Waals surface area (Å²) in [5.41, 5.74) is 0. The minimum absolute atomic E-state index is 0.278. The number of hydrogen-bond acceptors (Lipinski definition) is 3. The lowest BCUT2D eigenvalue weighted by molar-refractivity contribution is 0.0510. The van der Waals surface area contributed by atoms with Gasteiger partial charge in [-0.25, -0.2) is 0 Å². The molecule has 0 saturated carbocycles. The summed E-state index contributed by atoms with van der Waals surface area (Å²) in [7, 11) is 1.49. The molecule has 2 heterocycles. The van der Waals surface area contributed by atoms with E-state index >= 15 is 0 Å². The molecule has 1 N–H and O–H groups in total. The normalized spacial score (nSPS) is 46.3. The van der Waals surface area contributed by atoms with E-state index in [0.29, 0.717) is 17.8 Å². The highest BCUT2D eigenvalue weighted by Gasteiger charge is 2.40. The number of rotatable bonds is 1. The van der Waals surface area contributed by atoms with E-state index in [1.54, 1.807) is 0 Å². The van der Waals surface area contributed by atoms with Crippen LogP contribution < -0.4 is 0 Å². The van der Waals surface area contributed by atoms with Crippen LogP contribution in [0, 0.1) is 17.8 Å². The molecule has 4 heteroatoms. The van der Waals surface area contributed by atoms with Crippen molar-refractivity contribution in [2.24, 2.45) is 17.8 Å². The fourth-order valence-corrected chi connectivity index (χ4v) is 4.52. The summed E-state index contributed by atoms with van der Waals surface area (Å²) in [6.45, 7) is 2.29. The van der Waals surface area contributed by atoms with Crippen LogP contribution in [0.2, 0.25) is 0 Å². The molecule has 2 saturated heterocycles. The summed E-state index contributed by atoms with van der Waals surface area (Å²) in [5, 5.41) is 9.25. The van der Waals surface area contributed by atoms with Crippen molar-refractivity contribution in [3.05, 3.63) is 0 Å². The van der Waals surface area contributed by atoms with Crippen molar-refractivity contribution >= 4 is 10.8 Å². The van der Waals surface area contributed by atoms with Gasteiger partial charge in [0.25, 0.3) is 0 Å². The molecule has 0 aromatic rings. The van der Waals surface area contributed by atoms with Crippen LogP contribution in [-0.4, -0.2) is 52.5 Å². The Morgan fingerprint density at radius 1 is 1.38 bits per heavy atom. The molecule has 2 unspecified atom stereocenters. The molecule has 2 bridgehead atoms. The minimum atomic E-state index is -0.624. The average Bonchev–Trinajstić information content (AvgIpc) is 2.01. The molecule has 2 aliphatic heterocycles. The number of hydrogen-bond donors (Lipinski definition) is 1. The van der Waals surface area contributed by atoms with E-state index < -0.39 is 10.8 Å². The van der Waals surface area contributed by atoms with Crippen molar-refractivity contribution < 1.29 is 9.32 Å². The molecule has 2 aliphatic rings. The topological polar surface area (TPSA) is 40.5 Å². The summed E-state index contributed by atoms with van der Waals surface area (Å²) >= 11 is 0. The van der Waals surface area contributed by atoms with Gasteiger partial charge >= 0.3 is 0 Å². The quantitative estimate of drug-likeness (QED) is 0.626. The molecular weight excluding hydrogens is 186 g/mol. The average molecular weight is 203 g/mol. The van der Waals surface area contributed by atoms with Crippen molar-refractivity contribution in [1.29, 1.82) is 0 Å². The zero-order chi connectivity index (χ0) is 9.42. The number of fused-ring (bicyclic) bond motifs is 2. The van der Waals surface area contributed by atoms with Crippen LogP contribution in [-0.2, 0) is 10.8 Å². The van der Waals surface area contributed by atoms with E-state index in [9.17, 15) is 9.32 Å². The van der Waals surface area contributed by atoms with E-state index in [2.05, 4.69) is 11.9 Å². The van der Waals surface area contributed by atoms with Gasteiger partial charge in [-0.05, 0) is 24.8 Å². The number of likely N-dealkylation sites (tertiary alicyclic amines) is 1. The monoisotopic (exact) mass is 203 g/mol. The van der Waals surface area contributed by atoms with Crippen molar-refractivity contribution in [1.82, 2.24) is 4.90 Å². The van der Waals surface area contributed by atoms with Crippen LogP contribution in [0.15, 0.2) is 0 Å². The largest absolute Gasteiger partial charge is 0.396 e. The third-order valence-electron chi connectivity index (χ3n) is 3.31. The maximum atomic E-state index is 11.5. The van der Waals surface area contributed by atoms with Gasteiger partial charge in [-0.2, -0.15) is 0 Å². The fourth-order valence-electron chi connectivity index (χ4n) is 2.73. The van der Waals surface area contributed by atoms with Crippen LogP contribution >= 0.6 is 0 Å². The Labute approximate surface area is 81.6 Å². The second-order valence-corrected chi connectivity index (χ2v) is 5.91. The molecule has 0 aliphatic carbocycles. The van der Waals surface area contributed by atoms with Crippen LogP contribution in [0.4, 0.5) is 0 Å². The van der Waals surface area contributed by atoms with Gasteiger partial charge in [0.2, 0.25) is 0 Å². The third kappa shape index (κ3) is 1.80. The number of piperidine rings is 1. The fraction of sp³-hybridized carbons (Fsp3) is 1.00. The Morgan fingerprint density at radius 2 is 1.92 bits per heavy atom. The third-order valence-corrected chi connectivity index (χ3v) is 4.91. The van der Waals surface area contributed by atoms with Gasteiger partial charge in [0.15, 0.2) is 0 Å². The highest BCUT2D eigenvalue weighted by molar-refractivity contribution is 7.85. The molecule has 0 amide bonds. The van der Waals surface area contributed by atoms with E-state index in [4.69, 9.17) is 0 Å². The highest BCUT2D eigenvalue weighted by Crippen LogP contribution is 2.33. The summed E-state index contributed by atoms with van der Waals surface area (Å²) in [4.78, 5) is 2.30. The number of aliphatic hydroxyl groups is 1. The van der Waals surface area contributed by atoms with Gasteiger partial charge in [0.05, 0.1) is 0 Å². The van der Waals surface area contributed by atoms with Gasteiger partial charge < -0.3 is 10.0 Å². The van der Waals surface area contributed by atoms with E-state index in [-0.39, 0.29) is 6.61 Å². The molecule has 76 valence electrons. The molecule has 2 atom stereocenters. The maximum Gasteiger partial charge on any atom is 0.0466 e. The van der Waals surface area contributed by atoms with Crippen LogP contribution in [0.25, 0.3) is 0 Å². The predicted octanol–water partition coefficient (Wildman–Crippen LogP) is -0.465. The lowest BCUT2D eigenvalue weighted by Crippen LogP contribution is -2.53. The number of aliphatic hydroxyl groups excluding tert-OH is 1. The smallest absolute Gasteiger partial charge is 0.0466 e. The summed E-state index contributed by atoms with van der Waals surface area (Å²) in [5.74, 6) is 2.93. The van der Waals surface area contributed by atoms with Crippen LogP contribution in [0.5, 0.6) is 0 Å². The minimum Gasteiger partial charge on any atom is -0.396 e. The predicted molar refractivity (Wildman–Crippen MR) is 52.9 cm³/mol. The van der Waals surface area contributed by atoms with Gasteiger partial charge in [0, 0.05) is 42.0 Å². The van der Waals surface area contributed by atoms with Crippen molar-refractivity contribution in [2.75, 3.05) is 38.2 Å². The first-order valence-electron chi connectivity index (χ1n) is 4.85. The Balaban J connectivity index is 2.13. The first-order valence-corrected chi connectivity index (χ1v) is 6.34. The summed E-state index contributed by atoms with van der Waals surface area (Å²) in [6, 6.07) is 0. The van der Waals surface area contributed by atoms with Gasteiger partial charge in [0.1, 0.15) is 0 Å². The molecule has 0 aromatic carbocycles. The molecule has 2 rings (SSSR count). The Hall–Kier alpha value is 0.0700. The van der Waals surface area contributed by atoms with E-state index in [0.717, 1.165) is 24.6 Å². The van der Waals surface area contributed by atoms with Gasteiger partial charge in [-0.1, -0.05) is 0 Å². The van der Waals surface area contributed by atoms with Gasteiger partial charge in [-0.15, -0.1) is 0 Å². The Bertz CT molecular complexity index is 204. The van der Waals surface area contributed by atoms with Crippen molar-refractivity contribution in [3.63, 3.8) is 0 Å². The molecule has 0 spiro atoms. The van der Waals surface area contributed by atoms with E-state index in [1.807, 2.05) is 0 Å². The van der Waals surface area contributed by atoms with Crippen molar-refractivity contribution in [3.8, 4) is 0 Å². The van der Waals surface area contributed by atoms with E-state index in [1.165, 1.54) is 0 Å². The lowest BCUT2D eigenvalue weighted by Gasteiger charge is -2.45. The first-order chi connectivity index (χ1) is 6.20.